The quantitative estimate of drug-likeness (QED) is 0.700. The zero-order valence-corrected chi connectivity index (χ0v) is 14.6. The number of amides is 1. The highest BCUT2D eigenvalue weighted by atomic mass is 19.1. The van der Waals surface area contributed by atoms with Gasteiger partial charge in [-0.05, 0) is 56.3 Å². The number of nitrogens with zero attached hydrogens (tertiary/aromatic N) is 2. The van der Waals surface area contributed by atoms with Gasteiger partial charge in [0.05, 0.1) is 11.7 Å². The Kier molecular flexibility index (Phi) is 5.36. The number of nitrogens with one attached hydrogen (secondary N) is 1. The highest BCUT2D eigenvalue weighted by molar-refractivity contribution is 5.91. The van der Waals surface area contributed by atoms with Crippen molar-refractivity contribution in [2.24, 2.45) is 0 Å². The zero-order valence-electron chi connectivity index (χ0n) is 14.6. The van der Waals surface area contributed by atoms with Crippen molar-refractivity contribution < 1.29 is 18.3 Å². The summed E-state index contributed by atoms with van der Waals surface area (Å²) in [5, 5.41) is 7.23. The van der Waals surface area contributed by atoms with Crippen molar-refractivity contribution in [3.05, 3.63) is 71.7 Å². The van der Waals surface area contributed by atoms with Gasteiger partial charge in [-0.3, -0.25) is 9.48 Å². The fraction of sp³-hybridized carbons (Fsp3) is 0.263. The summed E-state index contributed by atoms with van der Waals surface area (Å²) in [6, 6.07) is 10.6. The van der Waals surface area contributed by atoms with Crippen molar-refractivity contribution in [3.8, 4) is 5.75 Å². The molecular weight excluding hydrogens is 337 g/mol. The largest absolute Gasteiger partial charge is 0.486 e. The number of hydrogen-bond donors (Lipinski definition) is 1. The molecule has 2 aromatic heterocycles. The minimum Gasteiger partial charge on any atom is -0.486 e. The second-order valence-electron chi connectivity index (χ2n) is 5.80. The minimum absolute atomic E-state index is 0.148. The Bertz CT molecular complexity index is 870. The maximum absolute atomic E-state index is 12.9. The van der Waals surface area contributed by atoms with Crippen LogP contribution in [0.1, 0.15) is 41.9 Å². The molecule has 1 amide bonds. The van der Waals surface area contributed by atoms with Crippen LogP contribution in [-0.2, 0) is 13.2 Å². The number of rotatable bonds is 7. The molecule has 0 aliphatic carbocycles. The van der Waals surface area contributed by atoms with Gasteiger partial charge in [0.15, 0.2) is 5.76 Å². The number of halogens is 1. The molecule has 26 heavy (non-hydrogen) atoms. The maximum Gasteiger partial charge on any atom is 0.287 e. The molecule has 0 aliphatic heterocycles. The lowest BCUT2D eigenvalue weighted by atomic mass is 10.2. The molecule has 0 saturated heterocycles. The second-order valence-corrected chi connectivity index (χ2v) is 5.80. The third kappa shape index (κ3) is 4.30. The van der Waals surface area contributed by atoms with Crippen LogP contribution in [0.5, 0.6) is 5.75 Å². The van der Waals surface area contributed by atoms with Crippen LogP contribution in [0, 0.1) is 5.82 Å². The van der Waals surface area contributed by atoms with Gasteiger partial charge in [-0.1, -0.05) is 0 Å². The van der Waals surface area contributed by atoms with Crippen LogP contribution < -0.4 is 10.1 Å². The Morgan fingerprint density at radius 2 is 2.04 bits per heavy atom. The van der Waals surface area contributed by atoms with Crippen molar-refractivity contribution >= 4 is 5.91 Å². The molecule has 0 spiro atoms. The van der Waals surface area contributed by atoms with Gasteiger partial charge in [-0.2, -0.15) is 5.10 Å². The summed E-state index contributed by atoms with van der Waals surface area (Å²) in [5.41, 5.74) is 0.784. The van der Waals surface area contributed by atoms with Gasteiger partial charge >= 0.3 is 0 Å². The maximum atomic E-state index is 12.9. The van der Waals surface area contributed by atoms with Crippen LogP contribution in [0.15, 0.2) is 53.1 Å². The van der Waals surface area contributed by atoms with E-state index in [9.17, 15) is 9.18 Å². The number of aryl methyl sites for hydroxylation is 1. The first-order chi connectivity index (χ1) is 12.5. The lowest BCUT2D eigenvalue weighted by molar-refractivity contribution is 0.0907. The van der Waals surface area contributed by atoms with Crippen LogP contribution in [0.2, 0.25) is 0 Å². The molecule has 6 nitrogen and oxygen atoms in total. The fourth-order valence-electron chi connectivity index (χ4n) is 2.39. The normalized spacial score (nSPS) is 12.0. The summed E-state index contributed by atoms with van der Waals surface area (Å²) in [6.07, 6.45) is 1.87. The van der Waals surface area contributed by atoms with E-state index in [1.165, 1.54) is 24.3 Å². The predicted octanol–water partition coefficient (Wildman–Crippen LogP) is 3.71. The molecule has 3 aromatic rings. The topological polar surface area (TPSA) is 69.3 Å². The van der Waals surface area contributed by atoms with Gasteiger partial charge in [0.1, 0.15) is 23.9 Å². The molecule has 1 N–H and O–H groups in total. The number of aromatic nitrogens is 2. The molecule has 0 fully saturated rings. The molecule has 1 unspecified atom stereocenters. The molecule has 0 bridgehead atoms. The van der Waals surface area contributed by atoms with E-state index >= 15 is 0 Å². The van der Waals surface area contributed by atoms with Crippen molar-refractivity contribution in [3.63, 3.8) is 0 Å². The first kappa shape index (κ1) is 17.7. The molecule has 2 heterocycles. The molecule has 0 saturated carbocycles. The van der Waals surface area contributed by atoms with Crippen LogP contribution in [0.4, 0.5) is 4.39 Å². The molecule has 0 radical (unpaired) electrons. The molecule has 136 valence electrons. The highest BCUT2D eigenvalue weighted by Crippen LogP contribution is 2.16. The summed E-state index contributed by atoms with van der Waals surface area (Å²) in [6.45, 7) is 4.78. The first-order valence-electron chi connectivity index (χ1n) is 8.36. The molecule has 3 rings (SSSR count). The Labute approximate surface area is 150 Å². The fourth-order valence-corrected chi connectivity index (χ4v) is 2.39. The predicted molar refractivity (Wildman–Crippen MR) is 93.2 cm³/mol. The average molecular weight is 357 g/mol. The third-order valence-corrected chi connectivity index (χ3v) is 3.86. The average Bonchev–Trinajstić information content (AvgIpc) is 3.30. The van der Waals surface area contributed by atoms with E-state index < -0.39 is 0 Å². The summed E-state index contributed by atoms with van der Waals surface area (Å²) in [5.74, 6) is 0.574. The smallest absolute Gasteiger partial charge is 0.287 e. The van der Waals surface area contributed by atoms with Crippen molar-refractivity contribution in [1.29, 1.82) is 0 Å². The number of furan rings is 1. The van der Waals surface area contributed by atoms with Gasteiger partial charge in [0, 0.05) is 12.7 Å². The molecular formula is C19H20FN3O3. The lowest BCUT2D eigenvalue weighted by Crippen LogP contribution is -2.26. The molecule has 7 heteroatoms. The standard InChI is InChI=1S/C19H20FN3O3/c1-3-23-11-10-17(22-23)13(2)21-19(24)18-9-8-16(26-18)12-25-15-6-4-14(20)5-7-15/h4-11,13H,3,12H2,1-2H3,(H,21,24). The minimum atomic E-state index is -0.327. The summed E-state index contributed by atoms with van der Waals surface area (Å²) in [7, 11) is 0. The lowest BCUT2D eigenvalue weighted by Gasteiger charge is -2.10. The Morgan fingerprint density at radius 3 is 2.73 bits per heavy atom. The molecule has 1 aromatic carbocycles. The van der Waals surface area contributed by atoms with Crippen molar-refractivity contribution in [2.75, 3.05) is 0 Å². The summed E-state index contributed by atoms with van der Waals surface area (Å²) < 4.78 is 25.7. The molecule has 0 aliphatic rings. The molecule has 1 atom stereocenters. The number of ether oxygens (including phenoxy) is 1. The number of benzene rings is 1. The van der Waals surface area contributed by atoms with E-state index in [1.807, 2.05) is 26.1 Å². The Hall–Kier alpha value is -3.09. The van der Waals surface area contributed by atoms with Gasteiger partial charge in [-0.25, -0.2) is 4.39 Å². The van der Waals surface area contributed by atoms with E-state index in [0.717, 1.165) is 12.2 Å². The van der Waals surface area contributed by atoms with Crippen LogP contribution in [0.3, 0.4) is 0 Å². The monoisotopic (exact) mass is 357 g/mol. The van der Waals surface area contributed by atoms with Crippen LogP contribution in [0.25, 0.3) is 0 Å². The van der Waals surface area contributed by atoms with Crippen LogP contribution >= 0.6 is 0 Å². The van der Waals surface area contributed by atoms with Crippen LogP contribution in [-0.4, -0.2) is 15.7 Å². The van der Waals surface area contributed by atoms with E-state index in [1.54, 1.807) is 16.8 Å². The van der Waals surface area contributed by atoms with Crippen molar-refractivity contribution in [2.45, 2.75) is 33.0 Å². The van der Waals surface area contributed by atoms with E-state index in [0.29, 0.717) is 11.5 Å². The third-order valence-electron chi connectivity index (χ3n) is 3.86. The first-order valence-corrected chi connectivity index (χ1v) is 8.36. The van der Waals surface area contributed by atoms with E-state index in [-0.39, 0.29) is 30.1 Å². The van der Waals surface area contributed by atoms with Gasteiger partial charge in [0.2, 0.25) is 0 Å². The van der Waals surface area contributed by atoms with Gasteiger partial charge in [0.25, 0.3) is 5.91 Å². The number of hydrogen-bond acceptors (Lipinski definition) is 4. The van der Waals surface area contributed by atoms with Gasteiger partial charge < -0.3 is 14.5 Å². The number of carbonyl (C=O) groups excluding carboxylic acids is 1. The Balaban J connectivity index is 1.56. The van der Waals surface area contributed by atoms with Crippen molar-refractivity contribution in [1.82, 2.24) is 15.1 Å². The van der Waals surface area contributed by atoms with E-state index in [4.69, 9.17) is 9.15 Å². The second kappa shape index (κ2) is 7.86. The summed E-state index contributed by atoms with van der Waals surface area (Å²) in [4.78, 5) is 12.3. The SMILES string of the molecule is CCn1ccc(C(C)NC(=O)c2ccc(COc3ccc(F)cc3)o2)n1. The van der Waals surface area contributed by atoms with E-state index in [2.05, 4.69) is 10.4 Å². The number of carbonyl (C=O) groups is 1. The highest BCUT2D eigenvalue weighted by Gasteiger charge is 2.16. The van der Waals surface area contributed by atoms with Gasteiger partial charge in [-0.15, -0.1) is 0 Å². The zero-order chi connectivity index (χ0) is 18.5. The Morgan fingerprint density at radius 1 is 1.27 bits per heavy atom. The summed E-state index contributed by atoms with van der Waals surface area (Å²) >= 11 is 0.